The molecule has 0 fully saturated rings. The fourth-order valence-corrected chi connectivity index (χ4v) is 2.70. The van der Waals surface area contributed by atoms with Gasteiger partial charge in [0.25, 0.3) is 5.91 Å². The number of benzene rings is 1. The van der Waals surface area contributed by atoms with Crippen molar-refractivity contribution < 1.29 is 9.21 Å². The Morgan fingerprint density at radius 1 is 1.29 bits per heavy atom. The third-order valence-corrected chi connectivity index (χ3v) is 3.92. The summed E-state index contributed by atoms with van der Waals surface area (Å²) in [7, 11) is 0. The number of nitrogens with one attached hydrogen (secondary N) is 1. The first-order valence-electron chi connectivity index (χ1n) is 7.82. The molecule has 1 N–H and O–H groups in total. The van der Waals surface area contributed by atoms with E-state index >= 15 is 0 Å². The van der Waals surface area contributed by atoms with Gasteiger partial charge in [0.05, 0.1) is 12.6 Å². The molecular formula is C18H20N4O2. The van der Waals surface area contributed by atoms with Crippen molar-refractivity contribution in [2.24, 2.45) is 0 Å². The zero-order valence-corrected chi connectivity index (χ0v) is 14.0. The fourth-order valence-electron chi connectivity index (χ4n) is 2.70. The summed E-state index contributed by atoms with van der Waals surface area (Å²) >= 11 is 0. The van der Waals surface area contributed by atoms with E-state index in [2.05, 4.69) is 15.4 Å². The van der Waals surface area contributed by atoms with Crippen LogP contribution in [-0.4, -0.2) is 20.7 Å². The van der Waals surface area contributed by atoms with Gasteiger partial charge in [0.15, 0.2) is 0 Å². The zero-order chi connectivity index (χ0) is 17.1. The smallest absolute Gasteiger partial charge is 0.251 e. The monoisotopic (exact) mass is 324 g/mol. The first-order chi connectivity index (χ1) is 11.5. The Hall–Kier alpha value is -2.89. The first-order valence-corrected chi connectivity index (χ1v) is 7.82. The van der Waals surface area contributed by atoms with E-state index in [1.165, 1.54) is 6.33 Å². The molecule has 3 rings (SSSR count). The summed E-state index contributed by atoms with van der Waals surface area (Å²) in [5.41, 5.74) is 2.69. The lowest BCUT2D eigenvalue weighted by Gasteiger charge is -2.13. The van der Waals surface area contributed by atoms with Crippen molar-refractivity contribution in [3.05, 3.63) is 71.2 Å². The third-order valence-electron chi connectivity index (χ3n) is 3.92. The van der Waals surface area contributed by atoms with Gasteiger partial charge in [0.2, 0.25) is 0 Å². The summed E-state index contributed by atoms with van der Waals surface area (Å²) < 4.78 is 7.26. The van der Waals surface area contributed by atoms with Gasteiger partial charge in [0, 0.05) is 11.1 Å². The molecule has 6 nitrogen and oxygen atoms in total. The number of rotatable bonds is 5. The Kier molecular flexibility index (Phi) is 4.46. The molecule has 124 valence electrons. The van der Waals surface area contributed by atoms with Crippen molar-refractivity contribution in [3.8, 4) is 0 Å². The lowest BCUT2D eigenvalue weighted by molar-refractivity contribution is 0.0939. The molecule has 1 atom stereocenters. The van der Waals surface area contributed by atoms with E-state index in [1.54, 1.807) is 11.0 Å². The third kappa shape index (κ3) is 3.53. The van der Waals surface area contributed by atoms with Gasteiger partial charge in [-0.15, -0.1) is 0 Å². The lowest BCUT2D eigenvalue weighted by atomic mass is 10.1. The van der Waals surface area contributed by atoms with Gasteiger partial charge < -0.3 is 9.73 Å². The number of hydrogen-bond acceptors (Lipinski definition) is 4. The fraction of sp³-hybridized carbons (Fsp3) is 0.278. The Bertz CT molecular complexity index is 819. The van der Waals surface area contributed by atoms with E-state index in [0.29, 0.717) is 12.1 Å². The van der Waals surface area contributed by atoms with Crippen molar-refractivity contribution in [1.82, 2.24) is 20.1 Å². The lowest BCUT2D eigenvalue weighted by Crippen LogP contribution is -2.26. The predicted molar refractivity (Wildman–Crippen MR) is 89.6 cm³/mol. The summed E-state index contributed by atoms with van der Waals surface area (Å²) in [5, 5.41) is 7.07. The van der Waals surface area contributed by atoms with Crippen LogP contribution in [0.2, 0.25) is 0 Å². The predicted octanol–water partition coefficient (Wildman–Crippen LogP) is 3.03. The normalized spacial score (nSPS) is 12.1. The molecule has 0 aliphatic carbocycles. The van der Waals surface area contributed by atoms with Gasteiger partial charge in [-0.1, -0.05) is 12.1 Å². The molecule has 0 saturated carbocycles. The van der Waals surface area contributed by atoms with E-state index in [0.717, 1.165) is 22.6 Å². The minimum atomic E-state index is -0.107. The molecule has 6 heteroatoms. The summed E-state index contributed by atoms with van der Waals surface area (Å²) in [6, 6.07) is 9.35. The molecule has 1 amide bonds. The molecule has 24 heavy (non-hydrogen) atoms. The van der Waals surface area contributed by atoms with Gasteiger partial charge in [-0.25, -0.2) is 9.67 Å². The highest BCUT2D eigenvalue weighted by Gasteiger charge is 2.16. The second-order valence-corrected chi connectivity index (χ2v) is 5.85. The number of carbonyl (C=O) groups is 1. The zero-order valence-electron chi connectivity index (χ0n) is 14.0. The van der Waals surface area contributed by atoms with Gasteiger partial charge in [-0.2, -0.15) is 5.10 Å². The van der Waals surface area contributed by atoms with Gasteiger partial charge in [-0.05, 0) is 44.5 Å². The highest BCUT2D eigenvalue weighted by atomic mass is 16.3. The summed E-state index contributed by atoms with van der Waals surface area (Å²) in [6.45, 7) is 6.39. The van der Waals surface area contributed by atoms with Crippen LogP contribution in [0.5, 0.6) is 0 Å². The SMILES string of the molecule is Cc1cc([C@H](C)NC(=O)c2ccc(Cn3cncn3)cc2)c(C)o1. The number of furan rings is 1. The van der Waals surface area contributed by atoms with E-state index in [-0.39, 0.29) is 11.9 Å². The molecule has 2 heterocycles. The number of amides is 1. The van der Waals surface area contributed by atoms with Gasteiger partial charge >= 0.3 is 0 Å². The maximum absolute atomic E-state index is 12.4. The average Bonchev–Trinajstić information content (AvgIpc) is 3.17. The van der Waals surface area contributed by atoms with Gasteiger partial charge in [-0.3, -0.25) is 4.79 Å². The Morgan fingerprint density at radius 3 is 2.62 bits per heavy atom. The highest BCUT2D eigenvalue weighted by Crippen LogP contribution is 2.21. The molecule has 2 aromatic heterocycles. The van der Waals surface area contributed by atoms with E-state index in [1.807, 2.05) is 51.1 Å². The number of hydrogen-bond donors (Lipinski definition) is 1. The Morgan fingerprint density at radius 2 is 2.04 bits per heavy atom. The van der Waals surface area contributed by atoms with Crippen LogP contribution in [0.4, 0.5) is 0 Å². The van der Waals surface area contributed by atoms with Crippen LogP contribution in [0, 0.1) is 13.8 Å². The van der Waals surface area contributed by atoms with Crippen molar-refractivity contribution in [1.29, 1.82) is 0 Å². The molecule has 0 saturated heterocycles. The summed E-state index contributed by atoms with van der Waals surface area (Å²) in [5.74, 6) is 1.58. The van der Waals surface area contributed by atoms with Crippen LogP contribution in [0.25, 0.3) is 0 Å². The van der Waals surface area contributed by atoms with Crippen LogP contribution in [0.1, 0.15) is 46.0 Å². The van der Waals surface area contributed by atoms with Crippen molar-refractivity contribution in [2.75, 3.05) is 0 Å². The molecular weight excluding hydrogens is 304 g/mol. The maximum Gasteiger partial charge on any atom is 0.251 e. The van der Waals surface area contributed by atoms with Crippen molar-refractivity contribution >= 4 is 5.91 Å². The molecule has 3 aromatic rings. The number of aromatic nitrogens is 3. The standard InChI is InChI=1S/C18H20N4O2/c1-12-8-17(14(3)24-12)13(2)21-18(23)16-6-4-15(5-7-16)9-22-11-19-10-20-22/h4-8,10-11,13H,9H2,1-3H3,(H,21,23)/t13-/m0/s1. The van der Waals surface area contributed by atoms with Crippen molar-refractivity contribution in [2.45, 2.75) is 33.4 Å². The largest absolute Gasteiger partial charge is 0.466 e. The molecule has 0 aliphatic heterocycles. The molecule has 0 spiro atoms. The van der Waals surface area contributed by atoms with Crippen LogP contribution in [0.3, 0.4) is 0 Å². The Labute approximate surface area is 140 Å². The second kappa shape index (κ2) is 6.70. The van der Waals surface area contributed by atoms with Crippen molar-refractivity contribution in [3.63, 3.8) is 0 Å². The van der Waals surface area contributed by atoms with E-state index < -0.39 is 0 Å². The Balaban J connectivity index is 1.65. The van der Waals surface area contributed by atoms with E-state index in [9.17, 15) is 4.79 Å². The second-order valence-electron chi connectivity index (χ2n) is 5.85. The average molecular weight is 324 g/mol. The quantitative estimate of drug-likeness (QED) is 0.783. The molecule has 0 aliphatic rings. The number of nitrogens with zero attached hydrogens (tertiary/aromatic N) is 3. The van der Waals surface area contributed by atoms with E-state index in [4.69, 9.17) is 4.42 Å². The van der Waals surface area contributed by atoms with Crippen LogP contribution in [-0.2, 0) is 6.54 Å². The molecule has 0 unspecified atom stereocenters. The number of aryl methyl sites for hydroxylation is 2. The molecule has 0 radical (unpaired) electrons. The van der Waals surface area contributed by atoms with Crippen LogP contribution in [0.15, 0.2) is 47.4 Å². The summed E-state index contributed by atoms with van der Waals surface area (Å²) in [6.07, 6.45) is 3.17. The summed E-state index contributed by atoms with van der Waals surface area (Å²) in [4.78, 5) is 16.3. The van der Waals surface area contributed by atoms with Crippen LogP contribution < -0.4 is 5.32 Å². The topological polar surface area (TPSA) is 73.0 Å². The maximum atomic E-state index is 12.4. The van der Waals surface area contributed by atoms with Gasteiger partial charge in [0.1, 0.15) is 24.2 Å². The molecule has 0 bridgehead atoms. The van der Waals surface area contributed by atoms with Crippen LogP contribution >= 0.6 is 0 Å². The minimum absolute atomic E-state index is 0.104. The number of carbonyl (C=O) groups excluding carboxylic acids is 1. The minimum Gasteiger partial charge on any atom is -0.466 e. The molecule has 1 aromatic carbocycles. The highest BCUT2D eigenvalue weighted by molar-refractivity contribution is 5.94. The first kappa shape index (κ1) is 16.0.